The van der Waals surface area contributed by atoms with Crippen LogP contribution in [-0.2, 0) is 4.74 Å². The third-order valence-electron chi connectivity index (χ3n) is 3.39. The first-order chi connectivity index (χ1) is 9.08. The number of fused-ring (bicyclic) bond motifs is 1. The maximum atomic E-state index is 10.1. The van der Waals surface area contributed by atoms with Crippen LogP contribution in [0.15, 0.2) is 4.99 Å². The zero-order valence-electron chi connectivity index (χ0n) is 11.2. The summed E-state index contributed by atoms with van der Waals surface area (Å²) >= 11 is 1.40. The van der Waals surface area contributed by atoms with Gasteiger partial charge in [0.2, 0.25) is 0 Å². The normalized spacial score (nSPS) is 39.6. The molecule has 1 unspecified atom stereocenters. The van der Waals surface area contributed by atoms with E-state index in [9.17, 15) is 15.3 Å². The maximum Gasteiger partial charge on any atom is 0.159 e. The first-order valence-corrected chi connectivity index (χ1v) is 7.64. The fourth-order valence-corrected chi connectivity index (χ4v) is 3.58. The molecular weight excluding hydrogens is 268 g/mol. The lowest BCUT2D eigenvalue weighted by molar-refractivity contribution is -0.185. The van der Waals surface area contributed by atoms with Crippen LogP contribution in [-0.4, -0.2) is 62.9 Å². The third kappa shape index (κ3) is 3.05. The van der Waals surface area contributed by atoms with Crippen molar-refractivity contribution in [2.45, 2.75) is 62.6 Å². The van der Waals surface area contributed by atoms with Crippen molar-refractivity contribution in [2.24, 2.45) is 4.99 Å². The number of aliphatic imine (C=N–C) groups is 1. The van der Waals surface area contributed by atoms with Crippen molar-refractivity contribution in [2.75, 3.05) is 6.54 Å². The van der Waals surface area contributed by atoms with Gasteiger partial charge in [-0.15, -0.1) is 0 Å². The zero-order chi connectivity index (χ0) is 14.0. The Hall–Kier alpha value is -0.340. The molecule has 0 aromatic rings. The van der Waals surface area contributed by atoms with E-state index in [0.29, 0.717) is 6.42 Å². The summed E-state index contributed by atoms with van der Waals surface area (Å²) in [5.41, 5.74) is -0.344. The van der Waals surface area contributed by atoms with Gasteiger partial charge in [0.1, 0.15) is 29.8 Å². The van der Waals surface area contributed by atoms with Crippen LogP contribution >= 0.6 is 11.8 Å². The molecule has 2 heterocycles. The Balaban J connectivity index is 2.05. The molecule has 2 aliphatic heterocycles. The van der Waals surface area contributed by atoms with Gasteiger partial charge in [-0.2, -0.15) is 0 Å². The lowest BCUT2D eigenvalue weighted by atomic mass is 9.93. The van der Waals surface area contributed by atoms with E-state index in [4.69, 9.17) is 4.74 Å². The van der Waals surface area contributed by atoms with Crippen LogP contribution < -0.4 is 5.32 Å². The molecule has 2 aliphatic rings. The van der Waals surface area contributed by atoms with Gasteiger partial charge in [0.15, 0.2) is 5.17 Å². The Labute approximate surface area is 117 Å². The quantitative estimate of drug-likeness (QED) is 0.567. The Kier molecular flexibility index (Phi) is 5.08. The highest BCUT2D eigenvalue weighted by molar-refractivity contribution is 8.14. The lowest BCUT2D eigenvalue weighted by Crippen LogP contribution is -2.58. The molecule has 2 rings (SSSR count). The molecule has 0 aliphatic carbocycles. The molecule has 1 fully saturated rings. The van der Waals surface area contributed by atoms with Gasteiger partial charge in [-0.05, 0) is 13.3 Å². The summed E-state index contributed by atoms with van der Waals surface area (Å²) in [6, 6.07) is -0.473. The number of hydrogen-bond acceptors (Lipinski definition) is 7. The highest BCUT2D eigenvalue weighted by atomic mass is 32.2. The van der Waals surface area contributed by atoms with Crippen molar-refractivity contribution in [3.8, 4) is 0 Å². The van der Waals surface area contributed by atoms with E-state index in [2.05, 4.69) is 10.3 Å². The summed E-state index contributed by atoms with van der Waals surface area (Å²) in [4.78, 5) is 4.32. The minimum Gasteiger partial charge on any atom is -0.390 e. The molecule has 0 aromatic heterocycles. The third-order valence-corrected chi connectivity index (χ3v) is 4.49. The van der Waals surface area contributed by atoms with Crippen LogP contribution in [0.2, 0.25) is 0 Å². The second kappa shape index (κ2) is 6.41. The smallest absolute Gasteiger partial charge is 0.159 e. The van der Waals surface area contributed by atoms with Crippen molar-refractivity contribution in [1.82, 2.24) is 5.32 Å². The SMILES string of the molecule is CCCC(O)[C@H]1O[C@@H]2SC(NCC)=N[C@@H]2[C@@H](O)[C@@H]1O. The number of aliphatic hydroxyl groups is 3. The Bertz CT molecular complexity index is 342. The van der Waals surface area contributed by atoms with Gasteiger partial charge in [-0.25, -0.2) is 0 Å². The largest absolute Gasteiger partial charge is 0.390 e. The molecule has 0 aromatic carbocycles. The van der Waals surface area contributed by atoms with E-state index in [1.807, 2.05) is 13.8 Å². The van der Waals surface area contributed by atoms with Gasteiger partial charge in [0, 0.05) is 6.54 Å². The topological polar surface area (TPSA) is 94.3 Å². The van der Waals surface area contributed by atoms with E-state index in [0.717, 1.165) is 18.1 Å². The predicted molar refractivity (Wildman–Crippen MR) is 74.1 cm³/mol. The number of aliphatic hydroxyl groups excluding tert-OH is 3. The fourth-order valence-electron chi connectivity index (χ4n) is 2.40. The second-order valence-corrected chi connectivity index (χ2v) is 5.97. The number of nitrogens with zero attached hydrogens (tertiary/aromatic N) is 1. The molecular formula is C12H22N2O4S. The minimum atomic E-state index is -1.10. The molecule has 0 radical (unpaired) electrons. The lowest BCUT2D eigenvalue weighted by Gasteiger charge is -2.40. The molecule has 19 heavy (non-hydrogen) atoms. The average molecular weight is 290 g/mol. The van der Waals surface area contributed by atoms with Crippen LogP contribution in [0.25, 0.3) is 0 Å². The molecule has 7 heteroatoms. The van der Waals surface area contributed by atoms with Crippen LogP contribution in [0.1, 0.15) is 26.7 Å². The number of ether oxygens (including phenoxy) is 1. The molecule has 0 amide bonds. The predicted octanol–water partition coefficient (Wildman–Crippen LogP) is -0.325. The van der Waals surface area contributed by atoms with E-state index >= 15 is 0 Å². The summed E-state index contributed by atoms with van der Waals surface area (Å²) in [7, 11) is 0. The van der Waals surface area contributed by atoms with Gasteiger partial charge in [0.05, 0.1) is 6.10 Å². The molecule has 0 spiro atoms. The van der Waals surface area contributed by atoms with Crippen molar-refractivity contribution < 1.29 is 20.1 Å². The van der Waals surface area contributed by atoms with Gasteiger partial charge >= 0.3 is 0 Å². The van der Waals surface area contributed by atoms with Gasteiger partial charge < -0.3 is 25.4 Å². The van der Waals surface area contributed by atoms with Crippen molar-refractivity contribution in [1.29, 1.82) is 0 Å². The number of thioether (sulfide) groups is 1. The number of nitrogens with one attached hydrogen (secondary N) is 1. The average Bonchev–Trinajstić information content (AvgIpc) is 2.77. The number of rotatable bonds is 4. The van der Waals surface area contributed by atoms with E-state index in [-0.39, 0.29) is 5.44 Å². The highest BCUT2D eigenvalue weighted by Crippen LogP contribution is 2.37. The molecule has 0 saturated carbocycles. The van der Waals surface area contributed by atoms with E-state index < -0.39 is 30.5 Å². The molecule has 1 saturated heterocycles. The Morgan fingerprint density at radius 2 is 2.11 bits per heavy atom. The van der Waals surface area contributed by atoms with Gasteiger partial charge in [-0.3, -0.25) is 4.99 Å². The standard InChI is InChI=1S/C12H22N2O4S/c1-3-5-6(15)10-9(17)8(16)7-11(18-10)19-12(14-7)13-4-2/h6-11,15-17H,3-5H2,1-2H3,(H,13,14)/t6?,7-,8-,9+,10-,11-/m1/s1. The maximum absolute atomic E-state index is 10.1. The Morgan fingerprint density at radius 1 is 1.37 bits per heavy atom. The second-order valence-electron chi connectivity index (χ2n) is 4.88. The molecule has 4 N–H and O–H groups in total. The summed E-state index contributed by atoms with van der Waals surface area (Å²) in [5.74, 6) is 0. The molecule has 0 bridgehead atoms. The van der Waals surface area contributed by atoms with Gasteiger partial charge in [0.25, 0.3) is 0 Å². The molecule has 110 valence electrons. The Morgan fingerprint density at radius 3 is 2.74 bits per heavy atom. The van der Waals surface area contributed by atoms with Crippen LogP contribution in [0.5, 0.6) is 0 Å². The van der Waals surface area contributed by atoms with Gasteiger partial charge in [-0.1, -0.05) is 25.1 Å². The van der Waals surface area contributed by atoms with Crippen LogP contribution in [0.4, 0.5) is 0 Å². The number of hydrogen-bond donors (Lipinski definition) is 4. The summed E-state index contributed by atoms with van der Waals surface area (Å²) in [5, 5.41) is 34.0. The minimum absolute atomic E-state index is 0.344. The van der Waals surface area contributed by atoms with Crippen molar-refractivity contribution in [3.05, 3.63) is 0 Å². The van der Waals surface area contributed by atoms with Crippen molar-refractivity contribution >= 4 is 16.9 Å². The number of amidine groups is 1. The molecule has 6 atom stereocenters. The highest BCUT2D eigenvalue weighted by Gasteiger charge is 2.49. The first-order valence-electron chi connectivity index (χ1n) is 6.76. The van der Waals surface area contributed by atoms with Crippen LogP contribution in [0, 0.1) is 0 Å². The summed E-state index contributed by atoms with van der Waals surface area (Å²) in [6.45, 7) is 4.66. The monoisotopic (exact) mass is 290 g/mol. The van der Waals surface area contributed by atoms with E-state index in [1.54, 1.807) is 0 Å². The molecule has 6 nitrogen and oxygen atoms in total. The summed E-state index contributed by atoms with van der Waals surface area (Å²) in [6.07, 6.45) is -2.28. The first kappa shape index (κ1) is 15.1. The van der Waals surface area contributed by atoms with Crippen molar-refractivity contribution in [3.63, 3.8) is 0 Å². The summed E-state index contributed by atoms with van der Waals surface area (Å²) < 4.78 is 5.73. The fraction of sp³-hybridized carbons (Fsp3) is 0.917. The zero-order valence-corrected chi connectivity index (χ0v) is 12.0. The van der Waals surface area contributed by atoms with E-state index in [1.165, 1.54) is 11.8 Å². The van der Waals surface area contributed by atoms with Crippen LogP contribution in [0.3, 0.4) is 0 Å².